The number of fused-ring (bicyclic) bond motifs is 1. The topological polar surface area (TPSA) is 21.3 Å². The first kappa shape index (κ1) is 14.3. The van der Waals surface area contributed by atoms with Crippen molar-refractivity contribution in [3.8, 4) is 5.75 Å². The van der Waals surface area contributed by atoms with E-state index in [1.54, 1.807) is 0 Å². The fourth-order valence-electron chi connectivity index (χ4n) is 2.29. The van der Waals surface area contributed by atoms with Crippen molar-refractivity contribution >= 4 is 21.6 Å². The maximum Gasteiger partial charge on any atom is 0.196 e. The molecule has 0 amide bonds. The molecule has 110 valence electrons. The second-order valence-electron chi connectivity index (χ2n) is 4.80. The Morgan fingerprint density at radius 2 is 1.95 bits per heavy atom. The molecule has 2 nitrogen and oxygen atoms in total. The largest absolute Gasteiger partial charge is 0.488 e. The summed E-state index contributed by atoms with van der Waals surface area (Å²) in [6.07, 6.45) is 0.495. The summed E-state index contributed by atoms with van der Waals surface area (Å²) in [5.74, 6) is -3.10. The van der Waals surface area contributed by atoms with Gasteiger partial charge in [0.15, 0.2) is 17.5 Å². The molecule has 21 heavy (non-hydrogen) atoms. The molecule has 0 aromatic heterocycles. The van der Waals surface area contributed by atoms with Crippen molar-refractivity contribution in [1.29, 1.82) is 0 Å². The van der Waals surface area contributed by atoms with E-state index in [1.165, 1.54) is 6.07 Å². The van der Waals surface area contributed by atoms with E-state index in [2.05, 4.69) is 21.2 Å². The highest BCUT2D eigenvalue weighted by Crippen LogP contribution is 2.31. The predicted molar refractivity (Wildman–Crippen MR) is 77.1 cm³/mol. The Labute approximate surface area is 128 Å². The van der Waals surface area contributed by atoms with Crippen molar-refractivity contribution < 1.29 is 17.9 Å². The molecule has 1 heterocycles. The highest BCUT2D eigenvalue weighted by atomic mass is 79.9. The van der Waals surface area contributed by atoms with E-state index in [-0.39, 0.29) is 11.8 Å². The minimum atomic E-state index is -1.47. The van der Waals surface area contributed by atoms with Gasteiger partial charge in [0.25, 0.3) is 0 Å². The van der Waals surface area contributed by atoms with Gasteiger partial charge in [-0.1, -0.05) is 15.9 Å². The zero-order valence-electron chi connectivity index (χ0n) is 10.8. The SMILES string of the molecule is Fc1ccc(NCC2Cc3cc(Br)ccc3O2)c(F)c1F. The lowest BCUT2D eigenvalue weighted by atomic mass is 10.1. The van der Waals surface area contributed by atoms with Gasteiger partial charge in [-0.15, -0.1) is 0 Å². The maximum absolute atomic E-state index is 13.5. The Morgan fingerprint density at radius 3 is 2.76 bits per heavy atom. The summed E-state index contributed by atoms with van der Waals surface area (Å²) < 4.78 is 46.2. The quantitative estimate of drug-likeness (QED) is 0.827. The summed E-state index contributed by atoms with van der Waals surface area (Å²) in [5.41, 5.74) is 0.983. The predicted octanol–water partition coefficient (Wildman–Crippen LogP) is 4.28. The molecule has 0 radical (unpaired) electrons. The van der Waals surface area contributed by atoms with Gasteiger partial charge in [-0.2, -0.15) is 0 Å². The van der Waals surface area contributed by atoms with E-state index in [0.29, 0.717) is 13.0 Å². The molecule has 2 aromatic carbocycles. The molecule has 0 spiro atoms. The van der Waals surface area contributed by atoms with Gasteiger partial charge < -0.3 is 10.1 Å². The lowest BCUT2D eigenvalue weighted by Gasteiger charge is -2.13. The van der Waals surface area contributed by atoms with Gasteiger partial charge in [0.05, 0.1) is 12.2 Å². The molecular weight excluding hydrogens is 347 g/mol. The average molecular weight is 358 g/mol. The fraction of sp³-hybridized carbons (Fsp3) is 0.200. The standard InChI is InChI=1S/C15H11BrF3NO/c16-9-1-4-13-8(5-9)6-10(21-13)7-20-12-3-2-11(17)14(18)15(12)19/h1-5,10,20H,6-7H2. The number of anilines is 1. The lowest BCUT2D eigenvalue weighted by Crippen LogP contribution is -2.24. The molecule has 1 aliphatic heterocycles. The van der Waals surface area contributed by atoms with E-state index in [1.807, 2.05) is 18.2 Å². The van der Waals surface area contributed by atoms with Crippen LogP contribution in [-0.2, 0) is 6.42 Å². The van der Waals surface area contributed by atoms with Crippen LogP contribution in [0.2, 0.25) is 0 Å². The molecule has 1 atom stereocenters. The first-order valence-corrected chi connectivity index (χ1v) is 7.16. The fourth-order valence-corrected chi connectivity index (χ4v) is 2.70. The highest BCUT2D eigenvalue weighted by molar-refractivity contribution is 9.10. The van der Waals surface area contributed by atoms with Crippen molar-refractivity contribution in [3.63, 3.8) is 0 Å². The summed E-state index contributed by atoms with van der Waals surface area (Å²) in [5, 5.41) is 2.75. The molecule has 1 unspecified atom stereocenters. The second-order valence-corrected chi connectivity index (χ2v) is 5.72. The van der Waals surface area contributed by atoms with E-state index in [9.17, 15) is 13.2 Å². The third-order valence-electron chi connectivity index (χ3n) is 3.32. The van der Waals surface area contributed by atoms with E-state index in [4.69, 9.17) is 4.74 Å². The van der Waals surface area contributed by atoms with Crippen LogP contribution < -0.4 is 10.1 Å². The van der Waals surface area contributed by atoms with Crippen LogP contribution in [0.5, 0.6) is 5.75 Å². The molecule has 2 aromatic rings. The number of nitrogens with one attached hydrogen (secondary N) is 1. The van der Waals surface area contributed by atoms with Crippen molar-refractivity contribution in [3.05, 3.63) is 57.8 Å². The van der Waals surface area contributed by atoms with Crippen molar-refractivity contribution in [2.24, 2.45) is 0 Å². The summed E-state index contributed by atoms with van der Waals surface area (Å²) in [7, 11) is 0. The number of benzene rings is 2. The normalized spacial score (nSPS) is 16.5. The zero-order chi connectivity index (χ0) is 15.0. The Balaban J connectivity index is 1.66. The van der Waals surface area contributed by atoms with Crippen molar-refractivity contribution in [2.45, 2.75) is 12.5 Å². The van der Waals surface area contributed by atoms with E-state index in [0.717, 1.165) is 21.9 Å². The van der Waals surface area contributed by atoms with Crippen LogP contribution in [0.4, 0.5) is 18.9 Å². The Hall–Kier alpha value is -1.69. The minimum Gasteiger partial charge on any atom is -0.488 e. The second kappa shape index (κ2) is 5.60. The molecule has 0 saturated heterocycles. The maximum atomic E-state index is 13.5. The van der Waals surface area contributed by atoms with Gasteiger partial charge in [0.1, 0.15) is 11.9 Å². The van der Waals surface area contributed by atoms with Crippen LogP contribution in [-0.4, -0.2) is 12.6 Å². The summed E-state index contributed by atoms with van der Waals surface area (Å²) in [6, 6.07) is 7.77. The van der Waals surface area contributed by atoms with Crippen LogP contribution in [0.15, 0.2) is 34.8 Å². The third-order valence-corrected chi connectivity index (χ3v) is 3.81. The smallest absolute Gasteiger partial charge is 0.196 e. The van der Waals surface area contributed by atoms with Crippen molar-refractivity contribution in [2.75, 3.05) is 11.9 Å². The van der Waals surface area contributed by atoms with Gasteiger partial charge in [-0.05, 0) is 35.9 Å². The van der Waals surface area contributed by atoms with Crippen LogP contribution in [0, 0.1) is 17.5 Å². The molecule has 6 heteroatoms. The minimum absolute atomic E-state index is 0.0744. The molecule has 0 bridgehead atoms. The van der Waals surface area contributed by atoms with Crippen LogP contribution >= 0.6 is 15.9 Å². The Morgan fingerprint density at radius 1 is 1.14 bits per heavy atom. The van der Waals surface area contributed by atoms with Crippen molar-refractivity contribution in [1.82, 2.24) is 0 Å². The van der Waals surface area contributed by atoms with Crippen LogP contribution in [0.1, 0.15) is 5.56 Å². The first-order valence-electron chi connectivity index (χ1n) is 6.37. The Kier molecular flexibility index (Phi) is 3.80. The van der Waals surface area contributed by atoms with E-state index < -0.39 is 17.5 Å². The average Bonchev–Trinajstić information content (AvgIpc) is 2.86. The molecule has 0 fully saturated rings. The highest BCUT2D eigenvalue weighted by Gasteiger charge is 2.23. The molecular formula is C15H11BrF3NO. The number of rotatable bonds is 3. The third kappa shape index (κ3) is 2.85. The number of ether oxygens (including phenoxy) is 1. The zero-order valence-corrected chi connectivity index (χ0v) is 12.4. The van der Waals surface area contributed by atoms with Crippen LogP contribution in [0.25, 0.3) is 0 Å². The number of halogens is 4. The van der Waals surface area contributed by atoms with Crippen LogP contribution in [0.3, 0.4) is 0 Å². The molecule has 3 rings (SSSR count). The summed E-state index contributed by atoms with van der Waals surface area (Å²) >= 11 is 3.39. The number of hydrogen-bond donors (Lipinski definition) is 1. The van der Waals surface area contributed by atoms with Gasteiger partial charge in [-0.3, -0.25) is 0 Å². The lowest BCUT2D eigenvalue weighted by molar-refractivity contribution is 0.246. The van der Waals surface area contributed by atoms with Gasteiger partial charge in [0, 0.05) is 10.9 Å². The summed E-state index contributed by atoms with van der Waals surface area (Å²) in [6.45, 7) is 0.300. The van der Waals surface area contributed by atoms with Gasteiger partial charge in [-0.25, -0.2) is 13.2 Å². The van der Waals surface area contributed by atoms with Gasteiger partial charge >= 0.3 is 0 Å². The number of hydrogen-bond acceptors (Lipinski definition) is 2. The monoisotopic (exact) mass is 357 g/mol. The van der Waals surface area contributed by atoms with E-state index >= 15 is 0 Å². The molecule has 0 aliphatic carbocycles. The Bertz CT molecular complexity index is 693. The molecule has 0 saturated carbocycles. The van der Waals surface area contributed by atoms with Gasteiger partial charge in [0.2, 0.25) is 0 Å². The summed E-state index contributed by atoms with van der Waals surface area (Å²) in [4.78, 5) is 0. The molecule has 1 N–H and O–H groups in total. The first-order chi connectivity index (χ1) is 10.0. The molecule has 1 aliphatic rings.